The van der Waals surface area contributed by atoms with Crippen LogP contribution in [-0.2, 0) is 0 Å². The fourth-order valence-corrected chi connectivity index (χ4v) is 0. The van der Waals surface area contributed by atoms with Crippen molar-refractivity contribution < 1.29 is 0 Å². The fourth-order valence-electron chi connectivity index (χ4n) is 0. The average Bonchev–Trinajstić information content (AvgIpc) is 0.811. The summed E-state index contributed by atoms with van der Waals surface area (Å²) < 4.78 is 0. The summed E-state index contributed by atoms with van der Waals surface area (Å²) in [6.45, 7) is 2.06. The Balaban J connectivity index is 2.32. The Hall–Kier alpha value is 1.24. The van der Waals surface area contributed by atoms with Crippen LogP contribution in [0.1, 0.15) is 0 Å². The zero-order valence-corrected chi connectivity index (χ0v) is 6.40. The molecule has 0 spiro atoms. The number of rotatable bonds is 0. The van der Waals surface area contributed by atoms with E-state index < -0.39 is 5.60 Å². The van der Waals surface area contributed by atoms with Gasteiger partial charge < -0.3 is 0 Å². The van der Waals surface area contributed by atoms with Crippen LogP contribution in [0.25, 0.3) is 0 Å². The van der Waals surface area contributed by atoms with Crippen molar-refractivity contribution >= 4 is 38.5 Å². The molecule has 3 heteroatoms. The first-order chi connectivity index (χ1) is 1.73. The molecule has 0 N–H and O–H groups in total. The zero-order chi connectivity index (χ0) is 3.58. The molecule has 0 amide bonds. The minimum absolute atomic E-state index is 0.697. The summed E-state index contributed by atoms with van der Waals surface area (Å²) >= 11 is 7.65. The van der Waals surface area contributed by atoms with Gasteiger partial charge in [-0.1, -0.05) is 0 Å². The van der Waals surface area contributed by atoms with Gasteiger partial charge in [0.25, 0.3) is 0 Å². The highest BCUT2D eigenvalue weighted by Gasteiger charge is 1.79. The van der Waals surface area contributed by atoms with Crippen LogP contribution in [0, 0.1) is 0 Å². The Kier molecular flexibility index (Phi) is 3.24. The summed E-state index contributed by atoms with van der Waals surface area (Å²) in [5.74, 6) is 0. The lowest BCUT2D eigenvalue weighted by atomic mass is 11.9. The van der Waals surface area contributed by atoms with Crippen LogP contribution in [0.5, 0.6) is 0 Å². The molecule has 0 aliphatic carbocycles. The molecule has 26 valence electrons. The smallest absolute Gasteiger partial charge is 0.158 e. The minimum Gasteiger partial charge on any atom is -0.158 e. The van der Waals surface area contributed by atoms with Crippen LogP contribution in [0.3, 0.4) is 0 Å². The van der Waals surface area contributed by atoms with Gasteiger partial charge in [-0.25, -0.2) is 0 Å². The molecule has 4 heavy (non-hydrogen) atoms. The Morgan fingerprint density at radius 2 is 2.00 bits per heavy atom. The van der Waals surface area contributed by atoms with Crippen molar-refractivity contribution in [1.29, 1.82) is 0 Å². The highest BCUT2D eigenvalue weighted by molar-refractivity contribution is 14.1. The summed E-state index contributed by atoms with van der Waals surface area (Å²) in [5, 5.41) is 0. The zero-order valence-electron chi connectivity index (χ0n) is 2.33. The predicted molar refractivity (Wildman–Crippen MR) is 32.9 cm³/mol. The molecular formula is CH4ClISi. The minimum atomic E-state index is -0.697. The normalized spacial score (nSPS) is 15.8. The van der Waals surface area contributed by atoms with Crippen molar-refractivity contribution in [1.82, 2.24) is 0 Å². The van der Waals surface area contributed by atoms with E-state index in [9.17, 15) is 0 Å². The van der Waals surface area contributed by atoms with Gasteiger partial charge in [0, 0.05) is 0 Å². The van der Waals surface area contributed by atoms with E-state index in [-0.39, 0.29) is 0 Å². The van der Waals surface area contributed by atoms with Crippen LogP contribution in [0.4, 0.5) is 0 Å². The molecule has 1 atom stereocenters. The molecule has 0 aromatic heterocycles. The quantitative estimate of drug-likeness (QED) is 0.320. The molecule has 0 bridgehead atoms. The summed E-state index contributed by atoms with van der Waals surface area (Å²) in [4.78, 5) is 0. The third kappa shape index (κ3) is 10.6. The summed E-state index contributed by atoms with van der Waals surface area (Å²) in [7, 11) is 0. The molecule has 0 heterocycles. The van der Waals surface area contributed by atoms with Gasteiger partial charge >= 0.3 is 0 Å². The lowest BCUT2D eigenvalue weighted by Crippen LogP contribution is -1.70. The molecule has 0 aliphatic rings. The van der Waals surface area contributed by atoms with E-state index in [4.69, 9.17) is 11.1 Å². The number of hydrogen-bond donors (Lipinski definition) is 0. The molecule has 0 rings (SSSR count). The molecular weight excluding hydrogens is 202 g/mol. The molecule has 0 fully saturated rings. The Morgan fingerprint density at radius 3 is 2.00 bits per heavy atom. The summed E-state index contributed by atoms with van der Waals surface area (Å²) in [6.07, 6.45) is 0. The summed E-state index contributed by atoms with van der Waals surface area (Å²) in [5.41, 5.74) is -0.697. The molecule has 0 aliphatic heterocycles. The molecule has 0 aromatic rings. The molecule has 0 radical (unpaired) electrons. The van der Waals surface area contributed by atoms with Gasteiger partial charge in [0.1, 0.15) is 0 Å². The van der Waals surface area contributed by atoms with E-state index in [1.54, 1.807) is 0 Å². The highest BCUT2D eigenvalue weighted by atomic mass is 127. The van der Waals surface area contributed by atoms with Gasteiger partial charge in [-0.3, -0.25) is 0 Å². The first-order valence-corrected chi connectivity index (χ1v) is 8.09. The Bertz CT molecular complexity index is 12.8. The van der Waals surface area contributed by atoms with E-state index in [0.29, 0.717) is 0 Å². The maximum atomic E-state index is 5.40. The van der Waals surface area contributed by atoms with Crippen LogP contribution < -0.4 is 0 Å². The summed E-state index contributed by atoms with van der Waals surface area (Å²) in [6, 6.07) is 0. The number of halogens is 2. The first-order valence-electron chi connectivity index (χ1n) is 1.01. The van der Waals surface area contributed by atoms with Crippen LogP contribution in [-0.4, -0.2) is 5.60 Å². The Labute approximate surface area is 45.1 Å². The molecule has 0 nitrogen and oxygen atoms in total. The molecule has 1 unspecified atom stereocenters. The van der Waals surface area contributed by atoms with E-state index in [0.717, 1.165) is 0 Å². The second-order valence-corrected chi connectivity index (χ2v) is 11.3. The topological polar surface area (TPSA) is 0 Å². The second kappa shape index (κ2) is 2.47. The molecule has 0 aromatic carbocycles. The standard InChI is InChI=1S/CH4ClISi/c1-4(2)3/h4H,1H3. The van der Waals surface area contributed by atoms with Crippen LogP contribution in [0.2, 0.25) is 6.55 Å². The van der Waals surface area contributed by atoms with E-state index in [1.165, 1.54) is 0 Å². The average molecular weight is 206 g/mol. The second-order valence-electron chi connectivity index (χ2n) is 0.519. The van der Waals surface area contributed by atoms with Gasteiger partial charge in [0.15, 0.2) is 0 Å². The van der Waals surface area contributed by atoms with Crippen molar-refractivity contribution in [3.63, 3.8) is 0 Å². The third-order valence-corrected chi connectivity index (χ3v) is 0. The van der Waals surface area contributed by atoms with Gasteiger partial charge in [0.2, 0.25) is 5.60 Å². The third-order valence-electron chi connectivity index (χ3n) is 0. The molecule has 0 saturated carbocycles. The lowest BCUT2D eigenvalue weighted by molar-refractivity contribution is 2.36. The SMILES string of the molecule is C[SiH](Cl)I. The monoisotopic (exact) mass is 206 g/mol. The Morgan fingerprint density at radius 1 is 2.00 bits per heavy atom. The van der Waals surface area contributed by atoms with Crippen molar-refractivity contribution in [3.8, 4) is 0 Å². The maximum absolute atomic E-state index is 5.40. The van der Waals surface area contributed by atoms with Gasteiger partial charge in [-0.2, -0.15) is 11.1 Å². The molecule has 0 saturated heterocycles. The maximum Gasteiger partial charge on any atom is 0.204 e. The highest BCUT2D eigenvalue weighted by Crippen LogP contribution is 1.94. The van der Waals surface area contributed by atoms with Crippen molar-refractivity contribution in [2.75, 3.05) is 0 Å². The van der Waals surface area contributed by atoms with Gasteiger partial charge in [0.05, 0.1) is 0 Å². The predicted octanol–water partition coefficient (Wildman–Crippen LogP) is 1.51. The van der Waals surface area contributed by atoms with Crippen LogP contribution in [0.15, 0.2) is 0 Å². The largest absolute Gasteiger partial charge is 0.204 e. The van der Waals surface area contributed by atoms with Crippen molar-refractivity contribution in [2.45, 2.75) is 6.55 Å². The number of hydrogen-bond acceptors (Lipinski definition) is 0. The van der Waals surface area contributed by atoms with E-state index in [1.807, 2.05) is 0 Å². The van der Waals surface area contributed by atoms with Gasteiger partial charge in [-0.15, -0.1) is 21.8 Å². The van der Waals surface area contributed by atoms with Gasteiger partial charge in [-0.05, 0) is 6.55 Å². The van der Waals surface area contributed by atoms with E-state index >= 15 is 0 Å². The van der Waals surface area contributed by atoms with E-state index in [2.05, 4.69) is 28.3 Å². The van der Waals surface area contributed by atoms with Crippen LogP contribution >= 0.6 is 32.9 Å². The fraction of sp³-hybridized carbons (Fsp3) is 1.00. The van der Waals surface area contributed by atoms with Crippen molar-refractivity contribution in [2.24, 2.45) is 0 Å². The lowest BCUT2D eigenvalue weighted by Gasteiger charge is -1.69. The van der Waals surface area contributed by atoms with Crippen molar-refractivity contribution in [3.05, 3.63) is 0 Å². The first kappa shape index (κ1) is 5.24.